The van der Waals surface area contributed by atoms with E-state index in [1.165, 1.54) is 23.0 Å². The number of fused-ring (bicyclic) bond motifs is 4. The Balaban J connectivity index is 1.55. The van der Waals surface area contributed by atoms with Crippen LogP contribution in [-0.2, 0) is 12.7 Å². The van der Waals surface area contributed by atoms with E-state index in [4.69, 9.17) is 9.47 Å². The molecule has 0 spiro atoms. The molecule has 0 saturated carbocycles. The number of alkyl halides is 3. The number of nitrogens with zero attached hydrogens (tertiary/aromatic N) is 5. The summed E-state index contributed by atoms with van der Waals surface area (Å²) in [5.41, 5.74) is 0.607. The molecule has 4 heterocycles. The van der Waals surface area contributed by atoms with Gasteiger partial charge in [0, 0.05) is 18.8 Å². The summed E-state index contributed by atoms with van der Waals surface area (Å²) in [6.07, 6.45) is -1.20. The maximum atomic E-state index is 12.9. The zero-order valence-electron chi connectivity index (χ0n) is 15.4. The van der Waals surface area contributed by atoms with Crippen molar-refractivity contribution < 1.29 is 22.6 Å². The fourth-order valence-corrected chi connectivity index (χ4v) is 3.31. The highest BCUT2D eigenvalue weighted by molar-refractivity contribution is 5.78. The van der Waals surface area contributed by atoms with E-state index < -0.39 is 17.6 Å². The van der Waals surface area contributed by atoms with Crippen molar-refractivity contribution in [3.63, 3.8) is 0 Å². The summed E-state index contributed by atoms with van der Waals surface area (Å²) >= 11 is 0. The number of halogens is 3. The summed E-state index contributed by atoms with van der Waals surface area (Å²) in [5, 5.41) is 3.60. The van der Waals surface area contributed by atoms with Gasteiger partial charge in [-0.25, -0.2) is 4.98 Å². The molecule has 0 amide bonds. The van der Waals surface area contributed by atoms with Gasteiger partial charge in [0.2, 0.25) is 0 Å². The first kappa shape index (κ1) is 18.4. The van der Waals surface area contributed by atoms with Gasteiger partial charge in [0.25, 0.3) is 17.2 Å². The second-order valence-electron chi connectivity index (χ2n) is 6.78. The molecule has 0 radical (unpaired) electrons. The van der Waals surface area contributed by atoms with Crippen LogP contribution in [0.5, 0.6) is 11.5 Å². The van der Waals surface area contributed by atoms with Crippen molar-refractivity contribution in [2.45, 2.75) is 19.1 Å². The van der Waals surface area contributed by atoms with Gasteiger partial charge in [0.1, 0.15) is 0 Å². The molecule has 5 rings (SSSR count). The van der Waals surface area contributed by atoms with E-state index in [0.717, 1.165) is 16.5 Å². The minimum Gasteiger partial charge on any atom is -0.490 e. The molecule has 0 N–H and O–H groups in total. The number of aromatic nitrogens is 5. The van der Waals surface area contributed by atoms with Gasteiger partial charge in [-0.3, -0.25) is 4.79 Å². The standard InChI is InChI=1S/C19H14F3N5O3/c20-19(21,22)17-24-18-23-9-12-13(27(18)25-17)4-5-26(16(12)28)10-11-2-3-14-15(8-11)30-7-1-6-29-14/h2-5,8-9H,1,6-7,10H2. The maximum Gasteiger partial charge on any atom is 0.453 e. The van der Waals surface area contributed by atoms with Crippen molar-refractivity contribution in [1.29, 1.82) is 0 Å². The van der Waals surface area contributed by atoms with Gasteiger partial charge in [0.15, 0.2) is 11.5 Å². The van der Waals surface area contributed by atoms with E-state index in [1.807, 2.05) is 12.1 Å². The lowest BCUT2D eigenvalue weighted by atomic mass is 10.2. The van der Waals surface area contributed by atoms with Gasteiger partial charge in [-0.2, -0.15) is 22.7 Å². The van der Waals surface area contributed by atoms with Crippen molar-refractivity contribution in [2.24, 2.45) is 0 Å². The number of benzene rings is 1. The molecule has 0 saturated heterocycles. The van der Waals surface area contributed by atoms with Crippen molar-refractivity contribution in [2.75, 3.05) is 13.2 Å². The van der Waals surface area contributed by atoms with Crippen molar-refractivity contribution >= 4 is 16.7 Å². The van der Waals surface area contributed by atoms with Gasteiger partial charge in [-0.15, -0.1) is 5.10 Å². The van der Waals surface area contributed by atoms with Gasteiger partial charge < -0.3 is 14.0 Å². The second-order valence-corrected chi connectivity index (χ2v) is 6.78. The fraction of sp³-hybridized carbons (Fsp3) is 0.263. The van der Waals surface area contributed by atoms with Crippen LogP contribution in [0.1, 0.15) is 17.8 Å². The Morgan fingerprint density at radius 3 is 2.70 bits per heavy atom. The lowest BCUT2D eigenvalue weighted by Gasteiger charge is -2.11. The van der Waals surface area contributed by atoms with Gasteiger partial charge in [0.05, 0.1) is 30.7 Å². The summed E-state index contributed by atoms with van der Waals surface area (Å²) in [7, 11) is 0. The lowest BCUT2D eigenvalue weighted by molar-refractivity contribution is -0.144. The minimum atomic E-state index is -4.70. The topological polar surface area (TPSA) is 83.5 Å². The third-order valence-electron chi connectivity index (χ3n) is 4.73. The number of hydrogen-bond donors (Lipinski definition) is 0. The first-order valence-corrected chi connectivity index (χ1v) is 9.11. The Hall–Kier alpha value is -3.63. The van der Waals surface area contributed by atoms with E-state index in [1.54, 1.807) is 6.07 Å². The average molecular weight is 417 g/mol. The number of ether oxygens (including phenoxy) is 2. The molecule has 4 aromatic rings. The predicted octanol–water partition coefficient (Wildman–Crippen LogP) is 2.67. The highest BCUT2D eigenvalue weighted by Crippen LogP contribution is 2.30. The highest BCUT2D eigenvalue weighted by atomic mass is 19.4. The molecule has 8 nitrogen and oxygen atoms in total. The van der Waals surface area contributed by atoms with E-state index in [2.05, 4.69) is 15.1 Å². The van der Waals surface area contributed by atoms with E-state index in [0.29, 0.717) is 24.7 Å². The summed E-state index contributed by atoms with van der Waals surface area (Å²) < 4.78 is 52.4. The third-order valence-corrected chi connectivity index (χ3v) is 4.73. The zero-order chi connectivity index (χ0) is 20.9. The fourth-order valence-electron chi connectivity index (χ4n) is 3.31. The summed E-state index contributed by atoms with van der Waals surface area (Å²) in [6, 6.07) is 6.95. The zero-order valence-corrected chi connectivity index (χ0v) is 15.4. The van der Waals surface area contributed by atoms with Crippen LogP contribution in [0.2, 0.25) is 0 Å². The van der Waals surface area contributed by atoms with E-state index in [9.17, 15) is 18.0 Å². The SMILES string of the molecule is O=c1c2cnc3nc(C(F)(F)F)nn3c2ccn1Cc1ccc2c(c1)OCCCO2. The van der Waals surface area contributed by atoms with Gasteiger partial charge >= 0.3 is 6.18 Å². The quantitative estimate of drug-likeness (QED) is 0.499. The average Bonchev–Trinajstić information content (AvgIpc) is 3.03. The van der Waals surface area contributed by atoms with Crippen molar-refractivity contribution in [1.82, 2.24) is 24.1 Å². The Morgan fingerprint density at radius 2 is 1.90 bits per heavy atom. The molecule has 3 aromatic heterocycles. The Kier molecular flexibility index (Phi) is 4.12. The van der Waals surface area contributed by atoms with Crippen LogP contribution in [0.25, 0.3) is 16.7 Å². The molecule has 0 atom stereocenters. The maximum absolute atomic E-state index is 12.9. The first-order valence-electron chi connectivity index (χ1n) is 9.11. The predicted molar refractivity (Wildman–Crippen MR) is 98.7 cm³/mol. The molecule has 0 bridgehead atoms. The number of pyridine rings is 1. The highest BCUT2D eigenvalue weighted by Gasteiger charge is 2.36. The molecule has 0 fully saturated rings. The molecule has 1 aliphatic heterocycles. The number of hydrogen-bond acceptors (Lipinski definition) is 6. The molecule has 0 aliphatic carbocycles. The molecule has 0 unspecified atom stereocenters. The van der Waals surface area contributed by atoms with Crippen LogP contribution in [0, 0.1) is 0 Å². The third kappa shape index (κ3) is 3.11. The Bertz CT molecular complexity index is 1330. The smallest absolute Gasteiger partial charge is 0.453 e. The van der Waals surface area contributed by atoms with Crippen molar-refractivity contribution in [3.8, 4) is 11.5 Å². The van der Waals surface area contributed by atoms with E-state index in [-0.39, 0.29) is 23.2 Å². The van der Waals surface area contributed by atoms with Crippen molar-refractivity contribution in [3.05, 3.63) is 58.4 Å². The molecular weight excluding hydrogens is 403 g/mol. The van der Waals surface area contributed by atoms with Crippen LogP contribution in [0.3, 0.4) is 0 Å². The van der Waals surface area contributed by atoms with Crippen LogP contribution in [-0.4, -0.2) is 37.4 Å². The van der Waals surface area contributed by atoms with Crippen LogP contribution < -0.4 is 15.0 Å². The van der Waals surface area contributed by atoms with Gasteiger partial charge in [-0.1, -0.05) is 6.07 Å². The molecule has 154 valence electrons. The van der Waals surface area contributed by atoms with Crippen LogP contribution >= 0.6 is 0 Å². The van der Waals surface area contributed by atoms with Crippen LogP contribution in [0.15, 0.2) is 41.5 Å². The largest absolute Gasteiger partial charge is 0.490 e. The summed E-state index contributed by atoms with van der Waals surface area (Å²) in [5.74, 6) is -0.265. The monoisotopic (exact) mass is 417 g/mol. The number of rotatable bonds is 2. The summed E-state index contributed by atoms with van der Waals surface area (Å²) in [6.45, 7) is 1.37. The first-order chi connectivity index (χ1) is 14.4. The van der Waals surface area contributed by atoms with Crippen LogP contribution in [0.4, 0.5) is 13.2 Å². The Labute approximate surface area is 166 Å². The Morgan fingerprint density at radius 1 is 1.10 bits per heavy atom. The van der Waals surface area contributed by atoms with Gasteiger partial charge in [-0.05, 0) is 23.8 Å². The molecule has 11 heteroatoms. The second kappa shape index (κ2) is 6.71. The molecule has 30 heavy (non-hydrogen) atoms. The molecular formula is C19H14F3N5O3. The molecule has 1 aromatic carbocycles. The minimum absolute atomic E-state index is 0.137. The lowest BCUT2D eigenvalue weighted by Crippen LogP contribution is -2.21. The molecule has 1 aliphatic rings. The van der Waals surface area contributed by atoms with E-state index >= 15 is 0 Å². The normalized spacial score (nSPS) is 14.2. The summed E-state index contributed by atoms with van der Waals surface area (Å²) in [4.78, 5) is 20.2.